The number of pyridine rings is 1. The van der Waals surface area contributed by atoms with Gasteiger partial charge in [-0.05, 0) is 88.2 Å². The van der Waals surface area contributed by atoms with Crippen molar-refractivity contribution < 1.29 is 19.0 Å². The van der Waals surface area contributed by atoms with Gasteiger partial charge in [0.15, 0.2) is 0 Å². The van der Waals surface area contributed by atoms with Crippen LogP contribution in [0.1, 0.15) is 79.1 Å². The van der Waals surface area contributed by atoms with Crippen molar-refractivity contribution in [2.45, 2.75) is 91.3 Å². The molecule has 0 amide bonds. The molecule has 7 rings (SSSR count). The molecule has 0 radical (unpaired) electrons. The van der Waals surface area contributed by atoms with Crippen LogP contribution in [0.3, 0.4) is 0 Å². The van der Waals surface area contributed by atoms with Crippen LogP contribution in [-0.2, 0) is 29.0 Å². The minimum atomic E-state index is -0.844. The van der Waals surface area contributed by atoms with Crippen LogP contribution in [0.4, 0.5) is 10.1 Å². The lowest BCUT2D eigenvalue weighted by Crippen LogP contribution is -2.45. The molecular weight excluding hydrogens is 541 g/mol. The highest BCUT2D eigenvalue weighted by Gasteiger charge is 2.33. The third-order valence-electron chi connectivity index (χ3n) is 9.22. The smallest absolute Gasteiger partial charge is 0.307 e. The normalized spacial score (nSPS) is 18.1. The number of rotatable bonds is 4. The number of piperidine rings is 1. The van der Waals surface area contributed by atoms with E-state index in [-0.39, 0.29) is 17.8 Å². The van der Waals surface area contributed by atoms with E-state index < -0.39 is 5.97 Å². The lowest BCUT2D eigenvalue weighted by Gasteiger charge is -2.42. The molecule has 3 aromatic rings. The molecule has 4 aliphatic heterocycles. The molecule has 4 bridgehead atoms. The van der Waals surface area contributed by atoms with Gasteiger partial charge in [0.1, 0.15) is 5.82 Å². The standard InChI is InChI=1S/C36H46FN3O3/c1-25-21-29(11-14-32(25)37)24-39-17-7-5-6-8-20-43-36(4)15-18-40(19-16-36)35-31(22-33(41)42)26(2)38-27(3)34(35)30-12-9-28(23-39)10-13-30/h9-14,21H,5-8,15-20,22-24H2,1-4H3,(H,41,42). The lowest BCUT2D eigenvalue weighted by molar-refractivity contribution is -0.136. The average Bonchev–Trinajstić information content (AvgIpc) is 2.96. The second-order valence-corrected chi connectivity index (χ2v) is 12.7. The van der Waals surface area contributed by atoms with Crippen molar-refractivity contribution in [1.29, 1.82) is 0 Å². The molecule has 1 N–H and O–H groups in total. The van der Waals surface area contributed by atoms with E-state index in [2.05, 4.69) is 41.0 Å². The first-order chi connectivity index (χ1) is 20.6. The van der Waals surface area contributed by atoms with Crippen molar-refractivity contribution in [2.75, 3.05) is 31.1 Å². The highest BCUT2D eigenvalue weighted by Crippen LogP contribution is 2.41. The van der Waals surface area contributed by atoms with E-state index in [4.69, 9.17) is 9.72 Å². The number of benzene rings is 2. The number of carbonyl (C=O) groups is 1. The number of hydrogen-bond donors (Lipinski definition) is 1. The fourth-order valence-corrected chi connectivity index (χ4v) is 6.70. The Kier molecular flexibility index (Phi) is 9.82. The van der Waals surface area contributed by atoms with Crippen molar-refractivity contribution in [2.24, 2.45) is 0 Å². The van der Waals surface area contributed by atoms with Crippen LogP contribution < -0.4 is 4.90 Å². The molecule has 1 fully saturated rings. The Bertz CT molecular complexity index is 1430. The Labute approximate surface area is 255 Å². The minimum Gasteiger partial charge on any atom is -0.481 e. The van der Waals surface area contributed by atoms with Crippen LogP contribution in [0.15, 0.2) is 42.5 Å². The van der Waals surface area contributed by atoms with E-state index in [9.17, 15) is 14.3 Å². The van der Waals surface area contributed by atoms with Gasteiger partial charge in [-0.2, -0.15) is 0 Å². The summed E-state index contributed by atoms with van der Waals surface area (Å²) in [6.07, 6.45) is 6.19. The zero-order valence-corrected chi connectivity index (χ0v) is 26.2. The molecule has 1 aromatic heterocycles. The quantitative estimate of drug-likeness (QED) is 0.343. The number of halogens is 1. The van der Waals surface area contributed by atoms with Gasteiger partial charge in [-0.3, -0.25) is 14.7 Å². The Morgan fingerprint density at radius 1 is 0.977 bits per heavy atom. The van der Waals surface area contributed by atoms with Gasteiger partial charge in [0, 0.05) is 55.3 Å². The molecule has 43 heavy (non-hydrogen) atoms. The maximum atomic E-state index is 13.9. The molecular formula is C36H46FN3O3. The number of aliphatic carboxylic acids is 1. The molecule has 4 aliphatic rings. The van der Waals surface area contributed by atoms with Gasteiger partial charge in [0.2, 0.25) is 0 Å². The number of fused-ring (bicyclic) bond motifs is 2. The number of ether oxygens (including phenoxy) is 1. The summed E-state index contributed by atoms with van der Waals surface area (Å²) < 4.78 is 20.4. The first kappa shape index (κ1) is 31.1. The minimum absolute atomic E-state index is 0.0540. The number of carboxylic acid groups (broad SMARTS) is 1. The Morgan fingerprint density at radius 3 is 2.40 bits per heavy atom. The number of aromatic nitrogens is 1. The largest absolute Gasteiger partial charge is 0.481 e. The molecule has 0 saturated carbocycles. The Balaban J connectivity index is 1.51. The van der Waals surface area contributed by atoms with Crippen LogP contribution in [0.2, 0.25) is 0 Å². The zero-order chi connectivity index (χ0) is 30.6. The lowest BCUT2D eigenvalue weighted by atomic mass is 9.89. The van der Waals surface area contributed by atoms with E-state index in [1.165, 1.54) is 5.56 Å². The summed E-state index contributed by atoms with van der Waals surface area (Å²) in [4.78, 5) is 21.7. The first-order valence-electron chi connectivity index (χ1n) is 15.8. The van der Waals surface area contributed by atoms with Crippen LogP contribution in [0.5, 0.6) is 0 Å². The SMILES string of the molecule is Cc1cc(CN2CCCCCCOC3(C)CCN(CC3)c3c(CC(=O)O)c(C)nc(C)c3-c3ccc(cc3)C2)ccc1F. The van der Waals surface area contributed by atoms with Crippen molar-refractivity contribution in [3.63, 3.8) is 0 Å². The molecule has 7 heteroatoms. The summed E-state index contributed by atoms with van der Waals surface area (Å²) >= 11 is 0. The van der Waals surface area contributed by atoms with Gasteiger partial charge < -0.3 is 14.7 Å². The van der Waals surface area contributed by atoms with Gasteiger partial charge >= 0.3 is 5.97 Å². The molecule has 5 heterocycles. The molecule has 0 atom stereocenters. The Morgan fingerprint density at radius 2 is 1.70 bits per heavy atom. The van der Waals surface area contributed by atoms with Crippen LogP contribution in [-0.4, -0.2) is 52.8 Å². The first-order valence-corrected chi connectivity index (χ1v) is 15.8. The van der Waals surface area contributed by atoms with Gasteiger partial charge in [-0.1, -0.05) is 49.2 Å². The van der Waals surface area contributed by atoms with E-state index in [1.807, 2.05) is 32.9 Å². The summed E-state index contributed by atoms with van der Waals surface area (Å²) in [6.45, 7) is 12.9. The van der Waals surface area contributed by atoms with E-state index in [0.717, 1.165) is 117 Å². The van der Waals surface area contributed by atoms with Gasteiger partial charge in [-0.25, -0.2) is 4.39 Å². The topological polar surface area (TPSA) is 65.9 Å². The predicted octanol–water partition coefficient (Wildman–Crippen LogP) is 7.39. The van der Waals surface area contributed by atoms with E-state index in [0.29, 0.717) is 5.56 Å². The predicted molar refractivity (Wildman–Crippen MR) is 170 cm³/mol. The molecule has 6 nitrogen and oxygen atoms in total. The highest BCUT2D eigenvalue weighted by molar-refractivity contribution is 5.86. The molecule has 0 spiro atoms. The van der Waals surface area contributed by atoms with Gasteiger partial charge in [0.05, 0.1) is 17.7 Å². The fraction of sp³-hybridized carbons (Fsp3) is 0.500. The molecule has 0 unspecified atom stereocenters. The van der Waals surface area contributed by atoms with Crippen molar-refractivity contribution in [1.82, 2.24) is 9.88 Å². The van der Waals surface area contributed by atoms with E-state index in [1.54, 1.807) is 6.07 Å². The van der Waals surface area contributed by atoms with Gasteiger partial charge in [0.25, 0.3) is 0 Å². The summed E-state index contributed by atoms with van der Waals surface area (Å²) in [6, 6.07) is 14.1. The molecule has 0 aliphatic carbocycles. The van der Waals surface area contributed by atoms with E-state index >= 15 is 0 Å². The third kappa shape index (κ3) is 7.63. The van der Waals surface area contributed by atoms with Crippen LogP contribution >= 0.6 is 0 Å². The summed E-state index contributed by atoms with van der Waals surface area (Å²) in [7, 11) is 0. The zero-order valence-electron chi connectivity index (χ0n) is 26.2. The van der Waals surface area contributed by atoms with Crippen LogP contribution in [0, 0.1) is 26.6 Å². The Hall–Kier alpha value is -3.29. The second-order valence-electron chi connectivity index (χ2n) is 12.7. The molecule has 230 valence electrons. The number of hydrogen-bond acceptors (Lipinski definition) is 5. The average molecular weight is 588 g/mol. The maximum Gasteiger partial charge on any atom is 0.307 e. The summed E-state index contributed by atoms with van der Waals surface area (Å²) in [5.74, 6) is -1.01. The highest BCUT2D eigenvalue weighted by atomic mass is 19.1. The molecule has 1 saturated heterocycles. The van der Waals surface area contributed by atoms with Crippen molar-refractivity contribution in [3.8, 4) is 11.1 Å². The van der Waals surface area contributed by atoms with Crippen molar-refractivity contribution in [3.05, 3.63) is 81.9 Å². The fourth-order valence-electron chi connectivity index (χ4n) is 6.70. The second kappa shape index (κ2) is 13.6. The van der Waals surface area contributed by atoms with Gasteiger partial charge in [-0.15, -0.1) is 0 Å². The monoisotopic (exact) mass is 587 g/mol. The number of nitrogens with zero attached hydrogens (tertiary/aromatic N) is 3. The molecule has 2 aromatic carbocycles. The summed E-state index contributed by atoms with van der Waals surface area (Å²) in [5, 5.41) is 9.84. The number of aryl methyl sites for hydroxylation is 3. The summed E-state index contributed by atoms with van der Waals surface area (Å²) in [5.41, 5.74) is 8.43. The van der Waals surface area contributed by atoms with Crippen molar-refractivity contribution >= 4 is 11.7 Å². The number of carboxylic acids is 1. The number of anilines is 1. The van der Waals surface area contributed by atoms with Crippen LogP contribution in [0.25, 0.3) is 11.1 Å². The maximum absolute atomic E-state index is 13.9. The third-order valence-corrected chi connectivity index (χ3v) is 9.22.